The van der Waals surface area contributed by atoms with Crippen LogP contribution in [0.3, 0.4) is 0 Å². The predicted octanol–water partition coefficient (Wildman–Crippen LogP) is 2.56. The second kappa shape index (κ2) is 4.53. The molecule has 0 amide bonds. The lowest BCUT2D eigenvalue weighted by Gasteiger charge is -2.07. The van der Waals surface area contributed by atoms with Gasteiger partial charge in [-0.2, -0.15) is 0 Å². The Balaban J connectivity index is 2.12. The van der Waals surface area contributed by atoms with E-state index in [9.17, 15) is 4.79 Å². The van der Waals surface area contributed by atoms with Gasteiger partial charge in [-0.05, 0) is 18.2 Å². The average molecular weight is 218 g/mol. The lowest BCUT2D eigenvalue weighted by molar-refractivity contribution is 0.0692. The SMILES string of the molecule is O=C(O)c1ccccc1OCc1ccoc1. The first kappa shape index (κ1) is 10.3. The molecular weight excluding hydrogens is 208 g/mol. The molecule has 0 aliphatic heterocycles. The molecular formula is C12H10O4. The highest BCUT2D eigenvalue weighted by atomic mass is 16.5. The van der Waals surface area contributed by atoms with Gasteiger partial charge in [0.15, 0.2) is 0 Å². The van der Waals surface area contributed by atoms with E-state index in [1.807, 2.05) is 0 Å². The summed E-state index contributed by atoms with van der Waals surface area (Å²) in [6.45, 7) is 0.292. The summed E-state index contributed by atoms with van der Waals surface area (Å²) in [5.41, 5.74) is 1.02. The van der Waals surface area contributed by atoms with Crippen molar-refractivity contribution in [3.63, 3.8) is 0 Å². The van der Waals surface area contributed by atoms with Crippen molar-refractivity contribution in [2.45, 2.75) is 6.61 Å². The first-order valence-corrected chi connectivity index (χ1v) is 4.73. The van der Waals surface area contributed by atoms with Gasteiger partial charge < -0.3 is 14.3 Å². The summed E-state index contributed by atoms with van der Waals surface area (Å²) >= 11 is 0. The number of aromatic carboxylic acids is 1. The number of carboxylic acids is 1. The summed E-state index contributed by atoms with van der Waals surface area (Å²) in [5, 5.41) is 8.92. The maximum atomic E-state index is 10.9. The van der Waals surface area contributed by atoms with Crippen LogP contribution in [0.15, 0.2) is 47.3 Å². The number of benzene rings is 1. The number of hydrogen-bond acceptors (Lipinski definition) is 3. The molecule has 1 heterocycles. The normalized spacial score (nSPS) is 10.0. The Morgan fingerprint density at radius 1 is 1.31 bits per heavy atom. The summed E-state index contributed by atoms with van der Waals surface area (Å²) in [5.74, 6) is -0.640. The Hall–Kier alpha value is -2.23. The van der Waals surface area contributed by atoms with Gasteiger partial charge >= 0.3 is 5.97 Å². The molecule has 0 radical (unpaired) electrons. The van der Waals surface area contributed by atoms with E-state index in [1.165, 1.54) is 6.07 Å². The molecule has 1 aromatic carbocycles. The Kier molecular flexibility index (Phi) is 2.91. The number of rotatable bonds is 4. The monoisotopic (exact) mass is 218 g/mol. The third-order valence-electron chi connectivity index (χ3n) is 2.09. The molecule has 4 heteroatoms. The van der Waals surface area contributed by atoms with E-state index in [0.29, 0.717) is 12.4 Å². The summed E-state index contributed by atoms with van der Waals surface area (Å²) in [6, 6.07) is 8.30. The molecule has 0 spiro atoms. The van der Waals surface area contributed by atoms with Gasteiger partial charge in [-0.25, -0.2) is 4.79 Å². The molecule has 4 nitrogen and oxygen atoms in total. The van der Waals surface area contributed by atoms with E-state index in [-0.39, 0.29) is 5.56 Å². The van der Waals surface area contributed by atoms with E-state index in [1.54, 1.807) is 36.8 Å². The van der Waals surface area contributed by atoms with Crippen LogP contribution in [0, 0.1) is 0 Å². The van der Waals surface area contributed by atoms with Crippen LogP contribution in [0.1, 0.15) is 15.9 Å². The topological polar surface area (TPSA) is 59.7 Å². The standard InChI is InChI=1S/C12H10O4/c13-12(14)10-3-1-2-4-11(10)16-8-9-5-6-15-7-9/h1-7H,8H2,(H,13,14). The second-order valence-corrected chi connectivity index (χ2v) is 3.22. The van der Waals surface area contributed by atoms with Crippen molar-refractivity contribution in [3.05, 3.63) is 54.0 Å². The highest BCUT2D eigenvalue weighted by Crippen LogP contribution is 2.19. The van der Waals surface area contributed by atoms with Crippen molar-refractivity contribution >= 4 is 5.97 Å². The van der Waals surface area contributed by atoms with Gasteiger partial charge in [0.2, 0.25) is 0 Å². The number of ether oxygens (including phenoxy) is 1. The van der Waals surface area contributed by atoms with Crippen LogP contribution in [-0.2, 0) is 6.61 Å². The first-order valence-electron chi connectivity index (χ1n) is 4.73. The van der Waals surface area contributed by atoms with E-state index in [2.05, 4.69) is 0 Å². The van der Waals surface area contributed by atoms with Gasteiger partial charge in [0, 0.05) is 5.56 Å². The number of carboxylic acid groups (broad SMARTS) is 1. The summed E-state index contributed by atoms with van der Waals surface area (Å²) in [7, 11) is 0. The maximum absolute atomic E-state index is 10.9. The molecule has 0 saturated heterocycles. The summed E-state index contributed by atoms with van der Waals surface area (Å²) in [4.78, 5) is 10.9. The lowest BCUT2D eigenvalue weighted by atomic mass is 10.2. The van der Waals surface area contributed by atoms with Crippen molar-refractivity contribution in [1.29, 1.82) is 0 Å². The minimum absolute atomic E-state index is 0.158. The lowest BCUT2D eigenvalue weighted by Crippen LogP contribution is -2.02. The van der Waals surface area contributed by atoms with Gasteiger partial charge in [0.05, 0.1) is 12.5 Å². The van der Waals surface area contributed by atoms with Crippen LogP contribution in [0.2, 0.25) is 0 Å². The van der Waals surface area contributed by atoms with Gasteiger partial charge in [-0.15, -0.1) is 0 Å². The van der Waals surface area contributed by atoms with Gasteiger partial charge in [0.25, 0.3) is 0 Å². The van der Waals surface area contributed by atoms with Crippen LogP contribution in [-0.4, -0.2) is 11.1 Å². The van der Waals surface area contributed by atoms with Crippen LogP contribution >= 0.6 is 0 Å². The largest absolute Gasteiger partial charge is 0.488 e. The molecule has 2 rings (SSSR count). The Bertz CT molecular complexity index is 474. The van der Waals surface area contributed by atoms with Crippen LogP contribution < -0.4 is 4.74 Å². The fourth-order valence-corrected chi connectivity index (χ4v) is 1.31. The minimum Gasteiger partial charge on any atom is -0.488 e. The maximum Gasteiger partial charge on any atom is 0.339 e. The van der Waals surface area contributed by atoms with E-state index in [0.717, 1.165) is 5.56 Å². The molecule has 0 fully saturated rings. The summed E-state index contributed by atoms with van der Waals surface area (Å²) < 4.78 is 10.3. The molecule has 0 unspecified atom stereocenters. The smallest absolute Gasteiger partial charge is 0.339 e. The van der Waals surface area contributed by atoms with Crippen molar-refractivity contribution in [2.75, 3.05) is 0 Å². The minimum atomic E-state index is -0.997. The molecule has 1 N–H and O–H groups in total. The van der Waals surface area contributed by atoms with Gasteiger partial charge in [-0.3, -0.25) is 0 Å². The molecule has 2 aromatic rings. The molecule has 0 bridgehead atoms. The van der Waals surface area contributed by atoms with Crippen molar-refractivity contribution in [3.8, 4) is 5.75 Å². The molecule has 82 valence electrons. The highest BCUT2D eigenvalue weighted by Gasteiger charge is 2.09. The molecule has 1 aromatic heterocycles. The Labute approximate surface area is 92.1 Å². The fraction of sp³-hybridized carbons (Fsp3) is 0.0833. The van der Waals surface area contributed by atoms with Crippen molar-refractivity contribution in [2.24, 2.45) is 0 Å². The molecule has 16 heavy (non-hydrogen) atoms. The number of hydrogen-bond donors (Lipinski definition) is 1. The molecule has 0 aliphatic rings. The first-order chi connectivity index (χ1) is 7.77. The van der Waals surface area contributed by atoms with Gasteiger partial charge in [-0.1, -0.05) is 12.1 Å². The third-order valence-corrected chi connectivity index (χ3v) is 2.09. The predicted molar refractivity (Wildman–Crippen MR) is 56.4 cm³/mol. The Morgan fingerprint density at radius 3 is 2.81 bits per heavy atom. The van der Waals surface area contributed by atoms with Crippen LogP contribution in [0.5, 0.6) is 5.75 Å². The van der Waals surface area contributed by atoms with Crippen molar-refractivity contribution < 1.29 is 19.1 Å². The zero-order valence-electron chi connectivity index (χ0n) is 8.42. The van der Waals surface area contributed by atoms with Crippen molar-refractivity contribution in [1.82, 2.24) is 0 Å². The zero-order valence-corrected chi connectivity index (χ0v) is 8.42. The molecule has 0 saturated carbocycles. The third kappa shape index (κ3) is 2.23. The van der Waals surface area contributed by atoms with Crippen LogP contribution in [0.4, 0.5) is 0 Å². The van der Waals surface area contributed by atoms with E-state index < -0.39 is 5.97 Å². The number of carbonyl (C=O) groups is 1. The van der Waals surface area contributed by atoms with E-state index in [4.69, 9.17) is 14.3 Å². The average Bonchev–Trinajstić information content (AvgIpc) is 2.79. The van der Waals surface area contributed by atoms with Crippen LogP contribution in [0.25, 0.3) is 0 Å². The van der Waals surface area contributed by atoms with Gasteiger partial charge in [0.1, 0.15) is 17.9 Å². The Morgan fingerprint density at radius 2 is 2.12 bits per heavy atom. The number of furan rings is 1. The number of para-hydroxylation sites is 1. The highest BCUT2D eigenvalue weighted by molar-refractivity contribution is 5.90. The zero-order chi connectivity index (χ0) is 11.4. The van der Waals surface area contributed by atoms with E-state index >= 15 is 0 Å². The molecule has 0 aliphatic carbocycles. The summed E-state index contributed by atoms with van der Waals surface area (Å²) in [6.07, 6.45) is 3.10. The quantitative estimate of drug-likeness (QED) is 0.856. The fourth-order valence-electron chi connectivity index (χ4n) is 1.31. The molecule has 0 atom stereocenters. The second-order valence-electron chi connectivity index (χ2n) is 3.22.